The fourth-order valence-electron chi connectivity index (χ4n) is 1.84. The lowest BCUT2D eigenvalue weighted by Crippen LogP contribution is -2.25. The highest BCUT2D eigenvalue weighted by molar-refractivity contribution is 5.67. The summed E-state index contributed by atoms with van der Waals surface area (Å²) in [5, 5.41) is 2.02. The van der Waals surface area contributed by atoms with Gasteiger partial charge in [0.25, 0.3) is 0 Å². The van der Waals surface area contributed by atoms with E-state index in [9.17, 15) is 0 Å². The Balaban J connectivity index is 2.82. The fourth-order valence-corrected chi connectivity index (χ4v) is 1.84. The van der Waals surface area contributed by atoms with E-state index in [4.69, 9.17) is 0 Å². The summed E-state index contributed by atoms with van der Waals surface area (Å²) in [6, 6.07) is 16.2. The maximum atomic E-state index is 4.16. The SMILES string of the molecule is C=N/C(c1ccccc1)=c1/cc(C)ccc1=C. The predicted octanol–water partition coefficient (Wildman–Crippen LogP) is 2.26. The molecule has 0 aliphatic carbocycles. The Morgan fingerprint density at radius 2 is 1.76 bits per heavy atom. The van der Waals surface area contributed by atoms with Crippen LogP contribution in [-0.4, -0.2) is 6.72 Å². The summed E-state index contributed by atoms with van der Waals surface area (Å²) in [4.78, 5) is 4.16. The molecule has 1 nitrogen and oxygen atoms in total. The quantitative estimate of drug-likeness (QED) is 0.690. The monoisotopic (exact) mass is 221 g/mol. The maximum absolute atomic E-state index is 4.16. The summed E-state index contributed by atoms with van der Waals surface area (Å²) >= 11 is 0. The van der Waals surface area contributed by atoms with Gasteiger partial charge in [-0.2, -0.15) is 0 Å². The van der Waals surface area contributed by atoms with Gasteiger partial charge < -0.3 is 0 Å². The molecule has 0 radical (unpaired) electrons. The molecular weight excluding hydrogens is 206 g/mol. The van der Waals surface area contributed by atoms with Crippen LogP contribution in [0.15, 0.2) is 53.5 Å². The molecule has 2 rings (SSSR count). The van der Waals surface area contributed by atoms with Gasteiger partial charge in [-0.25, -0.2) is 0 Å². The van der Waals surface area contributed by atoms with Gasteiger partial charge in [0, 0.05) is 10.8 Å². The van der Waals surface area contributed by atoms with Gasteiger partial charge in [-0.15, -0.1) is 0 Å². The van der Waals surface area contributed by atoms with E-state index in [0.29, 0.717) is 0 Å². The average Bonchev–Trinajstić information content (AvgIpc) is 2.36. The van der Waals surface area contributed by atoms with Gasteiger partial charge in [0.15, 0.2) is 0 Å². The van der Waals surface area contributed by atoms with Crippen LogP contribution in [0.4, 0.5) is 0 Å². The second-order valence-corrected chi connectivity index (χ2v) is 4.03. The van der Waals surface area contributed by atoms with Gasteiger partial charge in [-0.1, -0.05) is 54.6 Å². The second kappa shape index (κ2) is 4.79. The molecule has 2 aromatic carbocycles. The Kier molecular flexibility index (Phi) is 3.20. The Bertz CT molecular complexity index is 639. The summed E-state index contributed by atoms with van der Waals surface area (Å²) in [5.74, 6) is 0. The lowest BCUT2D eigenvalue weighted by atomic mass is 10.1. The summed E-state index contributed by atoms with van der Waals surface area (Å²) in [6.07, 6.45) is 0. The zero-order valence-corrected chi connectivity index (χ0v) is 9.98. The molecule has 0 N–H and O–H groups in total. The third-order valence-corrected chi connectivity index (χ3v) is 2.73. The number of aliphatic imine (C=N–C) groups is 1. The van der Waals surface area contributed by atoms with Gasteiger partial charge in [0.05, 0.1) is 5.70 Å². The Morgan fingerprint density at radius 3 is 2.41 bits per heavy atom. The highest BCUT2D eigenvalue weighted by atomic mass is 14.7. The van der Waals surface area contributed by atoms with E-state index < -0.39 is 0 Å². The Labute approximate surface area is 101 Å². The van der Waals surface area contributed by atoms with Crippen molar-refractivity contribution in [3.63, 3.8) is 0 Å². The van der Waals surface area contributed by atoms with Crippen LogP contribution in [0.1, 0.15) is 11.1 Å². The minimum Gasteiger partial charge on any atom is -0.263 e. The van der Waals surface area contributed by atoms with Crippen molar-refractivity contribution in [2.45, 2.75) is 6.92 Å². The Hall–Kier alpha value is -2.15. The molecule has 0 saturated heterocycles. The van der Waals surface area contributed by atoms with Crippen molar-refractivity contribution in [1.29, 1.82) is 0 Å². The topological polar surface area (TPSA) is 12.4 Å². The zero-order chi connectivity index (χ0) is 12.3. The van der Waals surface area contributed by atoms with Gasteiger partial charge >= 0.3 is 0 Å². The fraction of sp³-hybridized carbons (Fsp3) is 0.0625. The molecule has 1 heteroatoms. The predicted molar refractivity (Wildman–Crippen MR) is 74.5 cm³/mol. The minimum atomic E-state index is 0.888. The molecule has 0 aliphatic heterocycles. The molecule has 0 bridgehead atoms. The number of rotatable bonds is 2. The van der Waals surface area contributed by atoms with Crippen LogP contribution >= 0.6 is 0 Å². The number of hydrogen-bond donors (Lipinski definition) is 0. The standard InChI is InChI=1S/C16H15N/c1-12-9-10-13(2)15(11-12)16(17-3)14-7-5-4-6-8-14/h4-11H,2-3H2,1H3/b16-15-. The van der Waals surface area contributed by atoms with Crippen molar-refractivity contribution >= 4 is 19.0 Å². The molecule has 0 saturated carbocycles. The number of nitrogens with zero attached hydrogens (tertiary/aromatic N) is 1. The van der Waals surface area contributed by atoms with Crippen LogP contribution in [0.5, 0.6) is 0 Å². The molecule has 17 heavy (non-hydrogen) atoms. The van der Waals surface area contributed by atoms with Crippen LogP contribution in [-0.2, 0) is 0 Å². The van der Waals surface area contributed by atoms with E-state index in [1.807, 2.05) is 36.4 Å². The summed E-state index contributed by atoms with van der Waals surface area (Å²) in [7, 11) is 0. The van der Waals surface area contributed by atoms with Crippen molar-refractivity contribution in [3.8, 4) is 0 Å². The molecule has 0 amide bonds. The van der Waals surface area contributed by atoms with E-state index in [1.54, 1.807) is 0 Å². The number of aryl methyl sites for hydroxylation is 1. The molecule has 0 aromatic heterocycles. The molecular formula is C16H15N. The minimum absolute atomic E-state index is 0.888. The summed E-state index contributed by atoms with van der Waals surface area (Å²) < 4.78 is 0. The Morgan fingerprint density at radius 1 is 1.06 bits per heavy atom. The third kappa shape index (κ3) is 2.34. The molecule has 0 fully saturated rings. The summed E-state index contributed by atoms with van der Waals surface area (Å²) in [5.41, 5.74) is 3.15. The molecule has 0 heterocycles. The summed E-state index contributed by atoms with van der Waals surface area (Å²) in [6.45, 7) is 9.78. The van der Waals surface area contributed by atoms with Crippen LogP contribution in [0, 0.1) is 6.92 Å². The van der Waals surface area contributed by atoms with E-state index in [-0.39, 0.29) is 0 Å². The van der Waals surface area contributed by atoms with Gasteiger partial charge in [-0.05, 0) is 24.9 Å². The first-order valence-electron chi connectivity index (χ1n) is 5.54. The van der Waals surface area contributed by atoms with Crippen molar-refractivity contribution in [3.05, 3.63) is 70.1 Å². The van der Waals surface area contributed by atoms with Crippen molar-refractivity contribution in [1.82, 2.24) is 0 Å². The molecule has 0 unspecified atom stereocenters. The zero-order valence-electron chi connectivity index (χ0n) is 9.98. The number of benzene rings is 2. The lowest BCUT2D eigenvalue weighted by molar-refractivity contribution is 1.36. The van der Waals surface area contributed by atoms with Crippen molar-refractivity contribution < 1.29 is 0 Å². The average molecular weight is 221 g/mol. The number of hydrogen-bond acceptors (Lipinski definition) is 1. The largest absolute Gasteiger partial charge is 0.263 e. The van der Waals surface area contributed by atoms with Crippen LogP contribution in [0.25, 0.3) is 12.3 Å². The van der Waals surface area contributed by atoms with Crippen LogP contribution < -0.4 is 10.4 Å². The van der Waals surface area contributed by atoms with Crippen molar-refractivity contribution in [2.24, 2.45) is 4.99 Å². The first-order chi connectivity index (χ1) is 8.22. The van der Waals surface area contributed by atoms with Gasteiger partial charge in [0.2, 0.25) is 0 Å². The molecule has 84 valence electrons. The van der Waals surface area contributed by atoms with E-state index in [1.165, 1.54) is 5.56 Å². The van der Waals surface area contributed by atoms with E-state index in [2.05, 4.69) is 37.3 Å². The van der Waals surface area contributed by atoms with Gasteiger partial charge in [0.1, 0.15) is 0 Å². The maximum Gasteiger partial charge on any atom is 0.0772 e. The first-order valence-corrected chi connectivity index (χ1v) is 5.54. The van der Waals surface area contributed by atoms with Crippen molar-refractivity contribution in [2.75, 3.05) is 0 Å². The van der Waals surface area contributed by atoms with Gasteiger partial charge in [-0.3, -0.25) is 4.99 Å². The van der Waals surface area contributed by atoms with Crippen LogP contribution in [0.2, 0.25) is 0 Å². The normalized spacial score (nSPS) is 12.1. The molecule has 0 atom stereocenters. The molecule has 0 spiro atoms. The highest BCUT2D eigenvalue weighted by Crippen LogP contribution is 2.10. The second-order valence-electron chi connectivity index (χ2n) is 4.03. The van der Waals surface area contributed by atoms with E-state index >= 15 is 0 Å². The first kappa shape index (κ1) is 11.3. The molecule has 0 aliphatic rings. The van der Waals surface area contributed by atoms with E-state index in [0.717, 1.165) is 21.7 Å². The highest BCUT2D eigenvalue weighted by Gasteiger charge is 2.00. The molecule has 2 aromatic rings. The van der Waals surface area contributed by atoms with Crippen LogP contribution in [0.3, 0.4) is 0 Å². The third-order valence-electron chi connectivity index (χ3n) is 2.73. The smallest absolute Gasteiger partial charge is 0.0772 e. The lowest BCUT2D eigenvalue weighted by Gasteiger charge is -2.02.